The topological polar surface area (TPSA) is 0 Å². The Morgan fingerprint density at radius 3 is 1.30 bits per heavy atom. The van der Waals surface area contributed by atoms with Gasteiger partial charge in [-0.15, -0.1) is 0 Å². The first kappa shape index (κ1) is 13.7. The molecule has 0 radical (unpaired) electrons. The standard InChI is InChI=1S/C20H26/c1-11-13(3)19(5,6)17-10-18-16(9-15(11)17)12(2)14(4)20(18,7)8/h9-10H,1-8H3. The van der Waals surface area contributed by atoms with Crippen molar-refractivity contribution >= 4 is 11.1 Å². The zero-order valence-corrected chi connectivity index (χ0v) is 14.2. The Kier molecular flexibility index (Phi) is 2.51. The molecule has 0 bridgehead atoms. The van der Waals surface area contributed by atoms with Gasteiger partial charge in [-0.25, -0.2) is 0 Å². The van der Waals surface area contributed by atoms with Crippen LogP contribution in [0, 0.1) is 0 Å². The maximum absolute atomic E-state index is 2.49. The molecule has 0 amide bonds. The summed E-state index contributed by atoms with van der Waals surface area (Å²) >= 11 is 0. The number of allylic oxidation sites excluding steroid dienone is 4. The molecule has 0 heterocycles. The van der Waals surface area contributed by atoms with Crippen molar-refractivity contribution in [3.63, 3.8) is 0 Å². The number of hydrogen-bond donors (Lipinski definition) is 0. The Labute approximate surface area is 123 Å². The number of rotatable bonds is 0. The monoisotopic (exact) mass is 266 g/mol. The lowest BCUT2D eigenvalue weighted by Crippen LogP contribution is -2.19. The van der Waals surface area contributed by atoms with E-state index in [9.17, 15) is 0 Å². The predicted octanol–water partition coefficient (Wildman–Crippen LogP) is 5.86. The molecular formula is C20H26. The Hall–Kier alpha value is -1.30. The van der Waals surface area contributed by atoms with Crippen LogP contribution >= 0.6 is 0 Å². The van der Waals surface area contributed by atoms with E-state index in [1.807, 2.05) is 0 Å². The second-order valence-corrected chi connectivity index (χ2v) is 7.69. The molecule has 3 rings (SSSR count). The second-order valence-electron chi connectivity index (χ2n) is 7.69. The lowest BCUT2D eigenvalue weighted by atomic mass is 9.77. The highest BCUT2D eigenvalue weighted by atomic mass is 14.4. The molecule has 0 heteroatoms. The van der Waals surface area contributed by atoms with Gasteiger partial charge in [0.1, 0.15) is 0 Å². The van der Waals surface area contributed by atoms with Gasteiger partial charge in [0, 0.05) is 10.8 Å². The van der Waals surface area contributed by atoms with Gasteiger partial charge >= 0.3 is 0 Å². The Balaban J connectivity index is 2.35. The molecule has 2 aliphatic carbocycles. The summed E-state index contributed by atoms with van der Waals surface area (Å²) in [6.07, 6.45) is 0. The molecule has 0 aromatic heterocycles. The molecule has 0 atom stereocenters. The van der Waals surface area contributed by atoms with E-state index >= 15 is 0 Å². The van der Waals surface area contributed by atoms with Crippen molar-refractivity contribution in [2.45, 2.75) is 66.2 Å². The van der Waals surface area contributed by atoms with Crippen LogP contribution in [0.15, 0.2) is 23.3 Å². The lowest BCUT2D eigenvalue weighted by molar-refractivity contribution is 0.617. The average Bonchev–Trinajstić information content (AvgIpc) is 2.66. The fourth-order valence-electron chi connectivity index (χ4n) is 4.00. The smallest absolute Gasteiger partial charge is 0.0114 e. The van der Waals surface area contributed by atoms with Crippen molar-refractivity contribution in [1.29, 1.82) is 0 Å². The van der Waals surface area contributed by atoms with Crippen molar-refractivity contribution in [3.05, 3.63) is 45.5 Å². The SMILES string of the molecule is CC1=C(C)C(C)(C)c2cc3c(cc21)C(C)=C(C)C3(C)C. The van der Waals surface area contributed by atoms with Gasteiger partial charge in [0.2, 0.25) is 0 Å². The van der Waals surface area contributed by atoms with Crippen molar-refractivity contribution in [2.75, 3.05) is 0 Å². The zero-order chi connectivity index (χ0) is 15.0. The van der Waals surface area contributed by atoms with Crippen LogP contribution < -0.4 is 0 Å². The third-order valence-corrected chi connectivity index (χ3v) is 6.31. The minimum absolute atomic E-state index is 0.176. The summed E-state index contributed by atoms with van der Waals surface area (Å²) in [5, 5.41) is 0. The highest BCUT2D eigenvalue weighted by Crippen LogP contribution is 2.52. The molecule has 1 aromatic rings. The molecule has 1 aromatic carbocycles. The van der Waals surface area contributed by atoms with Gasteiger partial charge in [-0.1, -0.05) is 44.9 Å². The van der Waals surface area contributed by atoms with Crippen LogP contribution in [0.4, 0.5) is 0 Å². The minimum Gasteiger partial charge on any atom is -0.0597 e. The summed E-state index contributed by atoms with van der Waals surface area (Å²) in [6, 6.07) is 4.94. The van der Waals surface area contributed by atoms with Crippen LogP contribution in [0.5, 0.6) is 0 Å². The molecule has 106 valence electrons. The molecule has 0 N–H and O–H groups in total. The Bertz CT molecular complexity index is 634. The second kappa shape index (κ2) is 3.67. The largest absolute Gasteiger partial charge is 0.0597 e. The lowest BCUT2D eigenvalue weighted by Gasteiger charge is -2.27. The summed E-state index contributed by atoms with van der Waals surface area (Å²) in [4.78, 5) is 0. The molecule has 20 heavy (non-hydrogen) atoms. The van der Waals surface area contributed by atoms with Crippen LogP contribution in [-0.4, -0.2) is 0 Å². The van der Waals surface area contributed by atoms with E-state index in [1.54, 1.807) is 0 Å². The van der Waals surface area contributed by atoms with Gasteiger partial charge in [-0.3, -0.25) is 0 Å². The fraction of sp³-hybridized carbons (Fsp3) is 0.500. The van der Waals surface area contributed by atoms with Crippen LogP contribution in [0.1, 0.15) is 77.6 Å². The quantitative estimate of drug-likeness (QED) is 0.552. The van der Waals surface area contributed by atoms with Gasteiger partial charge in [-0.2, -0.15) is 0 Å². The minimum atomic E-state index is 0.176. The number of fused-ring (bicyclic) bond motifs is 2. The van der Waals surface area contributed by atoms with E-state index in [0.29, 0.717) is 0 Å². The molecule has 0 saturated carbocycles. The van der Waals surface area contributed by atoms with E-state index in [-0.39, 0.29) is 10.8 Å². The van der Waals surface area contributed by atoms with Crippen molar-refractivity contribution in [1.82, 2.24) is 0 Å². The van der Waals surface area contributed by atoms with Crippen molar-refractivity contribution in [2.24, 2.45) is 0 Å². The molecule has 0 fully saturated rings. The van der Waals surface area contributed by atoms with E-state index in [4.69, 9.17) is 0 Å². The van der Waals surface area contributed by atoms with Gasteiger partial charge in [0.05, 0.1) is 0 Å². The van der Waals surface area contributed by atoms with Crippen LogP contribution in [-0.2, 0) is 10.8 Å². The maximum Gasteiger partial charge on any atom is 0.0114 e. The summed E-state index contributed by atoms with van der Waals surface area (Å²) in [5.41, 5.74) is 12.3. The summed E-state index contributed by atoms with van der Waals surface area (Å²) < 4.78 is 0. The molecule has 0 unspecified atom stereocenters. The van der Waals surface area contributed by atoms with E-state index in [2.05, 4.69) is 67.5 Å². The van der Waals surface area contributed by atoms with E-state index in [0.717, 1.165) is 0 Å². The molecule has 0 spiro atoms. The zero-order valence-electron chi connectivity index (χ0n) is 14.2. The first-order valence-corrected chi connectivity index (χ1v) is 7.65. The first-order valence-electron chi connectivity index (χ1n) is 7.65. The molecule has 2 aliphatic rings. The predicted molar refractivity (Wildman–Crippen MR) is 89.0 cm³/mol. The highest BCUT2D eigenvalue weighted by Gasteiger charge is 2.39. The Morgan fingerprint density at radius 1 is 0.600 bits per heavy atom. The van der Waals surface area contributed by atoms with E-state index in [1.165, 1.54) is 44.5 Å². The van der Waals surface area contributed by atoms with Gasteiger partial charge in [0.15, 0.2) is 0 Å². The summed E-state index contributed by atoms with van der Waals surface area (Å²) in [7, 11) is 0. The average molecular weight is 266 g/mol. The van der Waals surface area contributed by atoms with Crippen LogP contribution in [0.25, 0.3) is 11.1 Å². The van der Waals surface area contributed by atoms with E-state index < -0.39 is 0 Å². The van der Waals surface area contributed by atoms with Crippen LogP contribution in [0.3, 0.4) is 0 Å². The molecule has 0 nitrogen and oxygen atoms in total. The number of benzene rings is 1. The first-order chi connectivity index (χ1) is 9.10. The maximum atomic E-state index is 2.49. The van der Waals surface area contributed by atoms with Gasteiger partial charge in [0.25, 0.3) is 0 Å². The van der Waals surface area contributed by atoms with Crippen molar-refractivity contribution in [3.8, 4) is 0 Å². The highest BCUT2D eigenvalue weighted by molar-refractivity contribution is 5.86. The molecule has 0 saturated heterocycles. The van der Waals surface area contributed by atoms with Crippen molar-refractivity contribution < 1.29 is 0 Å². The summed E-state index contributed by atoms with van der Waals surface area (Å²) in [6.45, 7) is 18.6. The van der Waals surface area contributed by atoms with Crippen LogP contribution in [0.2, 0.25) is 0 Å². The fourth-order valence-corrected chi connectivity index (χ4v) is 4.00. The molecule has 0 aliphatic heterocycles. The third-order valence-electron chi connectivity index (χ3n) is 6.31. The Morgan fingerprint density at radius 2 is 0.950 bits per heavy atom. The summed E-state index contributed by atoms with van der Waals surface area (Å²) in [5.74, 6) is 0. The normalized spacial score (nSPS) is 22.4. The molecular weight excluding hydrogens is 240 g/mol. The third kappa shape index (κ3) is 1.38. The van der Waals surface area contributed by atoms with Gasteiger partial charge in [-0.05, 0) is 67.2 Å². The number of hydrogen-bond acceptors (Lipinski definition) is 0. The van der Waals surface area contributed by atoms with Gasteiger partial charge < -0.3 is 0 Å².